The van der Waals surface area contributed by atoms with Gasteiger partial charge in [0, 0.05) is 18.0 Å². The molecule has 21 heavy (non-hydrogen) atoms. The summed E-state index contributed by atoms with van der Waals surface area (Å²) in [5.41, 5.74) is 2.06. The first kappa shape index (κ1) is 15.4. The molecule has 3 rings (SSSR count). The minimum absolute atomic E-state index is 0. The van der Waals surface area contributed by atoms with Gasteiger partial charge in [0.25, 0.3) is 0 Å². The van der Waals surface area contributed by atoms with E-state index in [2.05, 4.69) is 30.1 Å². The molecule has 4 heteroatoms. The molecule has 0 fully saturated rings. The summed E-state index contributed by atoms with van der Waals surface area (Å²) in [6.07, 6.45) is 6.16. The summed E-state index contributed by atoms with van der Waals surface area (Å²) in [5, 5.41) is 2.29. The minimum atomic E-state index is 0. The molecule has 0 amide bonds. The van der Waals surface area contributed by atoms with Crippen molar-refractivity contribution in [2.45, 2.75) is 19.9 Å². The van der Waals surface area contributed by atoms with Crippen LogP contribution in [0.3, 0.4) is 0 Å². The third-order valence-corrected chi connectivity index (χ3v) is 3.52. The number of carbonyl (C=O) groups is 1. The molecule has 0 unspecified atom stereocenters. The Balaban J connectivity index is 0.00000161. The smallest absolute Gasteiger partial charge is 0.182 e. The Morgan fingerprint density at radius 3 is 2.62 bits per heavy atom. The van der Waals surface area contributed by atoms with Gasteiger partial charge in [-0.3, -0.25) is 4.79 Å². The first-order valence-electron chi connectivity index (χ1n) is 6.78. The zero-order chi connectivity index (χ0) is 13.9. The van der Waals surface area contributed by atoms with Gasteiger partial charge < -0.3 is 4.57 Å². The fourth-order valence-electron chi connectivity index (χ4n) is 2.33. The maximum Gasteiger partial charge on any atom is 0.182 e. The number of hydrogen-bond acceptors (Lipinski definition) is 2. The molecule has 0 saturated heterocycles. The fraction of sp³-hybridized carbons (Fsp3) is 0.176. The van der Waals surface area contributed by atoms with Crippen LogP contribution in [-0.4, -0.2) is 15.3 Å². The molecule has 0 spiro atoms. The lowest BCUT2D eigenvalue weighted by atomic mass is 10.0. The van der Waals surface area contributed by atoms with E-state index in [4.69, 9.17) is 0 Å². The molecule has 0 radical (unpaired) electrons. The van der Waals surface area contributed by atoms with E-state index in [0.717, 1.165) is 17.4 Å². The van der Waals surface area contributed by atoms with Crippen LogP contribution in [0.4, 0.5) is 0 Å². The van der Waals surface area contributed by atoms with Gasteiger partial charge in [0.1, 0.15) is 0 Å². The highest BCUT2D eigenvalue weighted by atomic mass is 79.9. The Hall–Kier alpha value is -1.94. The summed E-state index contributed by atoms with van der Waals surface area (Å²) in [6.45, 7) is 2.47. The quantitative estimate of drug-likeness (QED) is 0.669. The van der Waals surface area contributed by atoms with Crippen molar-refractivity contribution in [3.05, 3.63) is 66.2 Å². The SMILES string of the molecule is Br.CCc1ccc2cc(C(=O)Cn3ccnc3)ccc2c1. The van der Waals surface area contributed by atoms with E-state index in [1.54, 1.807) is 23.3 Å². The van der Waals surface area contributed by atoms with Crippen LogP contribution in [0.1, 0.15) is 22.8 Å². The van der Waals surface area contributed by atoms with Gasteiger partial charge in [0.15, 0.2) is 5.78 Å². The van der Waals surface area contributed by atoms with E-state index in [-0.39, 0.29) is 22.8 Å². The summed E-state index contributed by atoms with van der Waals surface area (Å²) in [6, 6.07) is 12.3. The van der Waals surface area contributed by atoms with Crippen LogP contribution in [0.5, 0.6) is 0 Å². The standard InChI is InChI=1S/C17H16N2O.BrH/c1-2-13-3-4-15-10-16(6-5-14(15)9-13)17(20)11-19-8-7-18-12-19;/h3-10,12H,2,11H2,1H3;1H. The Bertz CT molecular complexity index is 751. The van der Waals surface area contributed by atoms with Crippen LogP contribution in [0.25, 0.3) is 10.8 Å². The molecule has 0 aliphatic carbocycles. The summed E-state index contributed by atoms with van der Waals surface area (Å²) < 4.78 is 1.78. The maximum absolute atomic E-state index is 12.2. The fourth-order valence-corrected chi connectivity index (χ4v) is 2.33. The van der Waals surface area contributed by atoms with Gasteiger partial charge in [0.05, 0.1) is 12.9 Å². The molecule has 1 heterocycles. The molecule has 0 aliphatic heterocycles. The zero-order valence-corrected chi connectivity index (χ0v) is 13.5. The van der Waals surface area contributed by atoms with E-state index >= 15 is 0 Å². The molecular weight excluding hydrogens is 328 g/mol. The number of hydrogen-bond donors (Lipinski definition) is 0. The first-order chi connectivity index (χ1) is 9.76. The molecule has 3 nitrogen and oxygen atoms in total. The van der Waals surface area contributed by atoms with Crippen molar-refractivity contribution in [1.82, 2.24) is 9.55 Å². The monoisotopic (exact) mass is 344 g/mol. The zero-order valence-electron chi connectivity index (χ0n) is 11.8. The molecular formula is C17H17BrN2O. The van der Waals surface area contributed by atoms with E-state index in [1.807, 2.05) is 18.2 Å². The number of fused-ring (bicyclic) bond motifs is 1. The van der Waals surface area contributed by atoms with Gasteiger partial charge in [-0.1, -0.05) is 37.3 Å². The third kappa shape index (κ3) is 3.39. The van der Waals surface area contributed by atoms with Gasteiger partial charge >= 0.3 is 0 Å². The Labute approximate surface area is 134 Å². The summed E-state index contributed by atoms with van der Waals surface area (Å²) in [4.78, 5) is 16.2. The Kier molecular flexibility index (Phi) is 4.91. The predicted octanol–water partition coefficient (Wildman–Crippen LogP) is 4.06. The van der Waals surface area contributed by atoms with Crippen LogP contribution < -0.4 is 0 Å². The van der Waals surface area contributed by atoms with Crippen molar-refractivity contribution in [2.24, 2.45) is 0 Å². The molecule has 0 bridgehead atoms. The highest BCUT2D eigenvalue weighted by molar-refractivity contribution is 8.93. The lowest BCUT2D eigenvalue weighted by molar-refractivity contribution is 0.0972. The summed E-state index contributed by atoms with van der Waals surface area (Å²) in [5.74, 6) is 0.101. The van der Waals surface area contributed by atoms with Crippen molar-refractivity contribution in [1.29, 1.82) is 0 Å². The highest BCUT2D eigenvalue weighted by Crippen LogP contribution is 2.19. The van der Waals surface area contributed by atoms with Crippen molar-refractivity contribution in [3.8, 4) is 0 Å². The summed E-state index contributed by atoms with van der Waals surface area (Å²) >= 11 is 0. The number of benzene rings is 2. The second kappa shape index (κ2) is 6.68. The Morgan fingerprint density at radius 2 is 1.90 bits per heavy atom. The van der Waals surface area contributed by atoms with E-state index in [0.29, 0.717) is 6.54 Å². The lowest BCUT2D eigenvalue weighted by Crippen LogP contribution is -2.08. The second-order valence-electron chi connectivity index (χ2n) is 4.91. The number of ketones is 1. The molecule has 0 N–H and O–H groups in total. The molecule has 0 aliphatic rings. The van der Waals surface area contributed by atoms with E-state index in [1.165, 1.54) is 10.9 Å². The van der Waals surface area contributed by atoms with Crippen molar-refractivity contribution >= 4 is 33.5 Å². The predicted molar refractivity (Wildman–Crippen MR) is 90.2 cm³/mol. The number of halogens is 1. The minimum Gasteiger partial charge on any atom is -0.330 e. The number of carbonyl (C=O) groups excluding carboxylic acids is 1. The number of rotatable bonds is 4. The highest BCUT2D eigenvalue weighted by Gasteiger charge is 2.07. The van der Waals surface area contributed by atoms with Crippen molar-refractivity contribution in [2.75, 3.05) is 0 Å². The average molecular weight is 345 g/mol. The largest absolute Gasteiger partial charge is 0.330 e. The van der Waals surface area contributed by atoms with Crippen molar-refractivity contribution in [3.63, 3.8) is 0 Å². The summed E-state index contributed by atoms with van der Waals surface area (Å²) in [7, 11) is 0. The molecule has 1 aromatic heterocycles. The number of nitrogens with zero attached hydrogens (tertiary/aromatic N) is 2. The topological polar surface area (TPSA) is 34.9 Å². The van der Waals surface area contributed by atoms with Gasteiger partial charge in [-0.15, -0.1) is 17.0 Å². The molecule has 108 valence electrons. The number of aryl methyl sites for hydroxylation is 1. The van der Waals surface area contributed by atoms with Crippen LogP contribution in [0, 0.1) is 0 Å². The normalized spacial score (nSPS) is 10.3. The lowest BCUT2D eigenvalue weighted by Gasteiger charge is -2.05. The van der Waals surface area contributed by atoms with Crippen LogP contribution in [0.2, 0.25) is 0 Å². The molecule has 2 aromatic carbocycles. The van der Waals surface area contributed by atoms with Crippen LogP contribution in [-0.2, 0) is 13.0 Å². The Morgan fingerprint density at radius 1 is 1.14 bits per heavy atom. The van der Waals surface area contributed by atoms with Gasteiger partial charge in [-0.25, -0.2) is 4.98 Å². The molecule has 0 atom stereocenters. The first-order valence-corrected chi connectivity index (χ1v) is 6.78. The second-order valence-corrected chi connectivity index (χ2v) is 4.91. The van der Waals surface area contributed by atoms with Gasteiger partial charge in [-0.2, -0.15) is 0 Å². The van der Waals surface area contributed by atoms with Crippen LogP contribution >= 0.6 is 17.0 Å². The number of imidazole rings is 1. The number of Topliss-reactive ketones (excluding diaryl/α,β-unsaturated/α-hetero) is 1. The average Bonchev–Trinajstić information content (AvgIpc) is 2.99. The molecule has 0 saturated carbocycles. The molecule has 3 aromatic rings. The van der Waals surface area contributed by atoms with E-state index < -0.39 is 0 Å². The third-order valence-electron chi connectivity index (χ3n) is 3.52. The van der Waals surface area contributed by atoms with E-state index in [9.17, 15) is 4.79 Å². The number of aromatic nitrogens is 2. The van der Waals surface area contributed by atoms with Crippen LogP contribution in [0.15, 0.2) is 55.1 Å². The van der Waals surface area contributed by atoms with Gasteiger partial charge in [-0.05, 0) is 28.8 Å². The maximum atomic E-state index is 12.2. The van der Waals surface area contributed by atoms with Gasteiger partial charge in [0.2, 0.25) is 0 Å². The van der Waals surface area contributed by atoms with Crippen molar-refractivity contribution < 1.29 is 4.79 Å².